The first kappa shape index (κ1) is 23.1. The van der Waals surface area contributed by atoms with Crippen molar-refractivity contribution in [2.24, 2.45) is 0 Å². The van der Waals surface area contributed by atoms with Crippen molar-refractivity contribution in [2.75, 3.05) is 9.62 Å². The second-order valence-corrected chi connectivity index (χ2v) is 9.47. The van der Waals surface area contributed by atoms with Crippen molar-refractivity contribution in [3.05, 3.63) is 126 Å². The summed E-state index contributed by atoms with van der Waals surface area (Å²) in [5, 5.41) is 9.98. The molecule has 0 spiro atoms. The van der Waals surface area contributed by atoms with Crippen molar-refractivity contribution in [3.8, 4) is 0 Å². The van der Waals surface area contributed by atoms with Gasteiger partial charge in [0.2, 0.25) is 0 Å². The van der Waals surface area contributed by atoms with E-state index < -0.39 is 16.0 Å². The lowest BCUT2D eigenvalue weighted by Gasteiger charge is -2.27. The molecule has 0 aromatic heterocycles. The summed E-state index contributed by atoms with van der Waals surface area (Å²) in [6.45, 7) is 0.982. The molecule has 4 rings (SSSR count). The Morgan fingerprint density at radius 3 is 1.74 bits per heavy atom. The third-order valence-electron chi connectivity index (χ3n) is 5.31. The van der Waals surface area contributed by atoms with Crippen LogP contribution in [0.15, 0.2) is 114 Å². The van der Waals surface area contributed by atoms with Gasteiger partial charge in [-0.1, -0.05) is 78.9 Å². The van der Waals surface area contributed by atoms with Gasteiger partial charge in [-0.05, 0) is 41.5 Å². The highest BCUT2D eigenvalue weighted by Gasteiger charge is 2.20. The highest BCUT2D eigenvalue weighted by molar-refractivity contribution is 7.92. The Morgan fingerprint density at radius 1 is 0.735 bits per heavy atom. The molecule has 0 saturated heterocycles. The molecule has 0 amide bonds. The maximum absolute atomic E-state index is 12.7. The van der Waals surface area contributed by atoms with Crippen LogP contribution in [0.5, 0.6) is 0 Å². The summed E-state index contributed by atoms with van der Waals surface area (Å²) in [5.74, 6) is -1.14. The van der Waals surface area contributed by atoms with Crippen LogP contribution in [0.25, 0.3) is 0 Å². The number of rotatable bonds is 9. The maximum Gasteiger partial charge on any atom is 0.337 e. The van der Waals surface area contributed by atoms with Gasteiger partial charge in [-0.25, -0.2) is 13.2 Å². The van der Waals surface area contributed by atoms with Gasteiger partial charge < -0.3 is 10.0 Å². The molecule has 7 heteroatoms. The fourth-order valence-corrected chi connectivity index (χ4v) is 4.76. The van der Waals surface area contributed by atoms with E-state index in [0.717, 1.165) is 11.1 Å². The lowest BCUT2D eigenvalue weighted by atomic mass is 10.1. The van der Waals surface area contributed by atoms with Gasteiger partial charge in [0, 0.05) is 18.8 Å². The van der Waals surface area contributed by atoms with Crippen LogP contribution >= 0.6 is 0 Å². The van der Waals surface area contributed by atoms with E-state index in [2.05, 4.69) is 4.72 Å². The first-order chi connectivity index (χ1) is 16.4. The number of benzene rings is 4. The zero-order valence-electron chi connectivity index (χ0n) is 18.3. The quantitative estimate of drug-likeness (QED) is 0.341. The van der Waals surface area contributed by atoms with Gasteiger partial charge >= 0.3 is 5.97 Å². The van der Waals surface area contributed by atoms with E-state index in [9.17, 15) is 18.3 Å². The van der Waals surface area contributed by atoms with E-state index >= 15 is 0 Å². The molecule has 172 valence electrons. The van der Waals surface area contributed by atoms with E-state index in [-0.39, 0.29) is 16.1 Å². The van der Waals surface area contributed by atoms with Gasteiger partial charge in [0.15, 0.2) is 0 Å². The minimum atomic E-state index is -3.84. The van der Waals surface area contributed by atoms with Gasteiger partial charge in [0.05, 0.1) is 16.1 Å². The van der Waals surface area contributed by atoms with Crippen LogP contribution in [0, 0.1) is 0 Å². The number of sulfonamides is 1. The summed E-state index contributed by atoms with van der Waals surface area (Å²) in [7, 11) is -3.84. The van der Waals surface area contributed by atoms with Crippen molar-refractivity contribution in [2.45, 2.75) is 18.0 Å². The Labute approximate surface area is 199 Å². The molecular weight excluding hydrogens is 448 g/mol. The molecule has 0 aliphatic carbocycles. The molecule has 0 aliphatic heterocycles. The zero-order valence-corrected chi connectivity index (χ0v) is 19.2. The third kappa shape index (κ3) is 5.63. The molecule has 0 fully saturated rings. The second-order valence-electron chi connectivity index (χ2n) is 7.78. The van der Waals surface area contributed by atoms with Crippen molar-refractivity contribution >= 4 is 27.4 Å². The number of nitrogens with zero attached hydrogens (tertiary/aromatic N) is 1. The number of carboxylic acid groups (broad SMARTS) is 1. The predicted octanol–water partition coefficient (Wildman–Crippen LogP) is 5.39. The van der Waals surface area contributed by atoms with Crippen LogP contribution < -0.4 is 9.62 Å². The van der Waals surface area contributed by atoms with Gasteiger partial charge in [-0.3, -0.25) is 4.72 Å². The molecule has 4 aromatic rings. The zero-order chi connectivity index (χ0) is 24.0. The van der Waals surface area contributed by atoms with E-state index in [1.165, 1.54) is 18.2 Å². The molecule has 34 heavy (non-hydrogen) atoms. The molecular formula is C27H24N2O4S. The SMILES string of the molecule is O=C(O)c1cc(NS(=O)(=O)c2ccccc2)ccc1N(Cc1ccccc1)Cc1ccccc1. The smallest absolute Gasteiger partial charge is 0.337 e. The molecule has 6 nitrogen and oxygen atoms in total. The Bertz CT molecular complexity index is 1320. The molecule has 0 unspecified atom stereocenters. The van der Waals surface area contributed by atoms with Crippen LogP contribution in [0.2, 0.25) is 0 Å². The van der Waals surface area contributed by atoms with Gasteiger partial charge in [0.25, 0.3) is 10.0 Å². The molecule has 0 radical (unpaired) electrons. The van der Waals surface area contributed by atoms with Crippen LogP contribution in [0.4, 0.5) is 11.4 Å². The number of anilines is 2. The first-order valence-corrected chi connectivity index (χ1v) is 12.2. The van der Waals surface area contributed by atoms with E-state index in [0.29, 0.717) is 18.8 Å². The molecule has 0 saturated carbocycles. The summed E-state index contributed by atoms with van der Waals surface area (Å²) in [5.41, 5.74) is 2.76. The highest BCUT2D eigenvalue weighted by atomic mass is 32.2. The van der Waals surface area contributed by atoms with Crippen LogP contribution in [0.3, 0.4) is 0 Å². The number of carbonyl (C=O) groups is 1. The standard InChI is InChI=1S/C27H24N2O4S/c30-27(31)25-18-23(28-34(32,33)24-14-8-3-9-15-24)16-17-26(25)29(19-21-10-4-1-5-11-21)20-22-12-6-2-7-13-22/h1-18,28H,19-20H2,(H,30,31). The summed E-state index contributed by atoms with van der Waals surface area (Å²) in [6, 6.07) is 32.1. The Hall–Kier alpha value is -4.10. The van der Waals surface area contributed by atoms with E-state index in [1.54, 1.807) is 30.3 Å². The Kier molecular flexibility index (Phi) is 6.94. The van der Waals surface area contributed by atoms with Crippen LogP contribution in [-0.2, 0) is 23.1 Å². The van der Waals surface area contributed by atoms with Gasteiger partial charge in [0.1, 0.15) is 0 Å². The topological polar surface area (TPSA) is 86.7 Å². The minimum absolute atomic E-state index is 0.0140. The van der Waals surface area contributed by atoms with E-state index in [1.807, 2.05) is 65.6 Å². The van der Waals surface area contributed by atoms with Crippen molar-refractivity contribution in [1.82, 2.24) is 0 Å². The van der Waals surface area contributed by atoms with Crippen molar-refractivity contribution < 1.29 is 18.3 Å². The minimum Gasteiger partial charge on any atom is -0.478 e. The molecule has 0 bridgehead atoms. The van der Waals surface area contributed by atoms with Crippen molar-refractivity contribution in [3.63, 3.8) is 0 Å². The van der Waals surface area contributed by atoms with Gasteiger partial charge in [-0.2, -0.15) is 0 Å². The summed E-state index contributed by atoms with van der Waals surface area (Å²) in [4.78, 5) is 14.3. The largest absolute Gasteiger partial charge is 0.478 e. The Morgan fingerprint density at radius 2 is 1.24 bits per heavy atom. The summed E-state index contributed by atoms with van der Waals surface area (Å²) in [6.07, 6.45) is 0. The summed E-state index contributed by atoms with van der Waals surface area (Å²) >= 11 is 0. The molecule has 4 aromatic carbocycles. The molecule has 0 atom stereocenters. The van der Waals surface area contributed by atoms with Crippen LogP contribution in [0.1, 0.15) is 21.5 Å². The van der Waals surface area contributed by atoms with Crippen molar-refractivity contribution in [1.29, 1.82) is 0 Å². The third-order valence-corrected chi connectivity index (χ3v) is 6.70. The number of carboxylic acids is 1. The number of aromatic carboxylic acids is 1. The number of hydrogen-bond donors (Lipinski definition) is 2. The second kappa shape index (κ2) is 10.2. The first-order valence-electron chi connectivity index (χ1n) is 10.7. The monoisotopic (exact) mass is 472 g/mol. The molecule has 0 aliphatic rings. The fourth-order valence-electron chi connectivity index (χ4n) is 3.69. The molecule has 2 N–H and O–H groups in total. The average Bonchev–Trinajstić information content (AvgIpc) is 2.85. The summed E-state index contributed by atoms with van der Waals surface area (Å²) < 4.78 is 27.9. The lowest BCUT2D eigenvalue weighted by Crippen LogP contribution is -2.24. The molecule has 0 heterocycles. The highest BCUT2D eigenvalue weighted by Crippen LogP contribution is 2.29. The normalized spacial score (nSPS) is 11.1. The predicted molar refractivity (Wildman–Crippen MR) is 133 cm³/mol. The lowest BCUT2D eigenvalue weighted by molar-refractivity contribution is 0.0697. The Balaban J connectivity index is 1.70. The maximum atomic E-state index is 12.7. The van der Waals surface area contributed by atoms with Gasteiger partial charge in [-0.15, -0.1) is 0 Å². The fraction of sp³-hybridized carbons (Fsp3) is 0.0741. The number of hydrogen-bond acceptors (Lipinski definition) is 4. The van der Waals surface area contributed by atoms with Crippen LogP contribution in [-0.4, -0.2) is 19.5 Å². The average molecular weight is 473 g/mol. The van der Waals surface area contributed by atoms with E-state index in [4.69, 9.17) is 0 Å². The number of nitrogens with one attached hydrogen (secondary N) is 1.